The first-order valence-corrected chi connectivity index (χ1v) is 7.14. The van der Waals surface area contributed by atoms with Gasteiger partial charge in [0, 0.05) is 6.54 Å². The molecule has 1 aromatic rings. The molecule has 1 atom stereocenters. The van der Waals surface area contributed by atoms with Crippen LogP contribution in [0.5, 0.6) is 0 Å². The quantitative estimate of drug-likeness (QED) is 0.844. The lowest BCUT2D eigenvalue weighted by molar-refractivity contribution is 0.129. The van der Waals surface area contributed by atoms with Gasteiger partial charge in [0.15, 0.2) is 0 Å². The van der Waals surface area contributed by atoms with Crippen molar-refractivity contribution in [2.75, 3.05) is 6.54 Å². The van der Waals surface area contributed by atoms with E-state index in [4.69, 9.17) is 5.26 Å². The van der Waals surface area contributed by atoms with Gasteiger partial charge in [0.05, 0.1) is 6.10 Å². The number of nitrogens with one attached hydrogen (secondary N) is 1. The number of aliphatic hydroxyl groups is 1. The Morgan fingerprint density at radius 1 is 1.47 bits per heavy atom. The van der Waals surface area contributed by atoms with E-state index < -0.39 is 32.4 Å². The number of hydrogen-bond donors (Lipinski definition) is 2. The number of rotatable bonds is 5. The molecule has 1 rings (SSSR count). The van der Waals surface area contributed by atoms with Gasteiger partial charge in [-0.25, -0.2) is 17.5 Å². The highest BCUT2D eigenvalue weighted by Gasteiger charge is 2.22. The molecule has 7 heteroatoms. The molecule has 5 nitrogen and oxygen atoms in total. The summed E-state index contributed by atoms with van der Waals surface area (Å²) in [6, 6.07) is 4.89. The molecule has 2 N–H and O–H groups in total. The first kappa shape index (κ1) is 15.6. The Labute approximate surface area is 111 Å². The molecule has 19 heavy (non-hydrogen) atoms. The Bertz CT molecular complexity index is 593. The van der Waals surface area contributed by atoms with Crippen LogP contribution in [0.4, 0.5) is 4.39 Å². The fourth-order valence-electron chi connectivity index (χ4n) is 1.35. The van der Waals surface area contributed by atoms with E-state index in [0.29, 0.717) is 0 Å². The third-order valence-corrected chi connectivity index (χ3v) is 4.09. The number of nitrogens with zero attached hydrogens (tertiary/aromatic N) is 1. The Kier molecular flexibility index (Phi) is 5.00. The van der Waals surface area contributed by atoms with Gasteiger partial charge in [-0.15, -0.1) is 0 Å². The zero-order valence-electron chi connectivity index (χ0n) is 10.6. The van der Waals surface area contributed by atoms with Gasteiger partial charge in [-0.05, 0) is 18.1 Å². The number of nitriles is 1. The summed E-state index contributed by atoms with van der Waals surface area (Å²) in [4.78, 5) is -0.425. The van der Waals surface area contributed by atoms with E-state index in [2.05, 4.69) is 4.72 Å². The van der Waals surface area contributed by atoms with Crippen molar-refractivity contribution in [2.45, 2.75) is 24.8 Å². The summed E-state index contributed by atoms with van der Waals surface area (Å²) in [6.45, 7) is 3.28. The summed E-state index contributed by atoms with van der Waals surface area (Å²) < 4.78 is 39.4. The van der Waals surface area contributed by atoms with Crippen molar-refractivity contribution in [3.05, 3.63) is 29.6 Å². The Morgan fingerprint density at radius 2 is 2.11 bits per heavy atom. The van der Waals surface area contributed by atoms with Crippen LogP contribution < -0.4 is 4.72 Å². The van der Waals surface area contributed by atoms with E-state index in [1.165, 1.54) is 12.1 Å². The van der Waals surface area contributed by atoms with Crippen LogP contribution >= 0.6 is 0 Å². The molecule has 0 radical (unpaired) electrons. The minimum absolute atomic E-state index is 0.120. The minimum atomic E-state index is -4.03. The van der Waals surface area contributed by atoms with Crippen LogP contribution in [0, 0.1) is 23.1 Å². The monoisotopic (exact) mass is 286 g/mol. The molecule has 1 unspecified atom stereocenters. The zero-order valence-corrected chi connectivity index (χ0v) is 11.4. The largest absolute Gasteiger partial charge is 0.391 e. The second-order valence-electron chi connectivity index (χ2n) is 4.39. The van der Waals surface area contributed by atoms with Gasteiger partial charge in [0.2, 0.25) is 10.0 Å². The maximum Gasteiger partial charge on any atom is 0.242 e. The van der Waals surface area contributed by atoms with Crippen LogP contribution in [0.3, 0.4) is 0 Å². The molecule has 0 heterocycles. The van der Waals surface area contributed by atoms with E-state index in [1.54, 1.807) is 13.8 Å². The molecule has 0 bridgehead atoms. The summed E-state index contributed by atoms with van der Waals surface area (Å²) in [5, 5.41) is 18.3. The molecule has 0 aliphatic rings. The van der Waals surface area contributed by atoms with Gasteiger partial charge in [0.25, 0.3) is 0 Å². The summed E-state index contributed by atoms with van der Waals surface area (Å²) in [7, 11) is -4.03. The normalized spacial score (nSPS) is 13.3. The van der Waals surface area contributed by atoms with E-state index in [0.717, 1.165) is 12.1 Å². The maximum absolute atomic E-state index is 13.3. The summed E-state index contributed by atoms with van der Waals surface area (Å²) in [6.07, 6.45) is -0.853. The topological polar surface area (TPSA) is 90.2 Å². The highest BCUT2D eigenvalue weighted by atomic mass is 32.2. The number of hydrogen-bond acceptors (Lipinski definition) is 4. The number of halogens is 1. The molecule has 0 aromatic heterocycles. The Balaban J connectivity index is 3.03. The van der Waals surface area contributed by atoms with E-state index in [-0.39, 0.29) is 12.5 Å². The fourth-order valence-corrected chi connectivity index (χ4v) is 2.56. The van der Waals surface area contributed by atoms with Crippen LogP contribution in [0.15, 0.2) is 23.1 Å². The van der Waals surface area contributed by atoms with Crippen LogP contribution in [0.1, 0.15) is 19.4 Å². The summed E-state index contributed by atoms with van der Waals surface area (Å²) in [5.41, 5.74) is -0.533. The number of aliphatic hydroxyl groups excluding tert-OH is 1. The second-order valence-corrected chi connectivity index (χ2v) is 6.12. The van der Waals surface area contributed by atoms with Gasteiger partial charge < -0.3 is 5.11 Å². The third-order valence-electron chi connectivity index (χ3n) is 2.63. The van der Waals surface area contributed by atoms with Crippen LogP contribution in [-0.2, 0) is 10.0 Å². The second kappa shape index (κ2) is 6.10. The van der Waals surface area contributed by atoms with Crippen molar-refractivity contribution in [1.82, 2.24) is 4.72 Å². The summed E-state index contributed by atoms with van der Waals surface area (Å²) in [5.74, 6) is -1.01. The van der Waals surface area contributed by atoms with Gasteiger partial charge in [-0.3, -0.25) is 0 Å². The van der Waals surface area contributed by atoms with Crippen LogP contribution in [0.25, 0.3) is 0 Å². The molecule has 0 aliphatic carbocycles. The van der Waals surface area contributed by atoms with E-state index >= 15 is 0 Å². The van der Waals surface area contributed by atoms with Crippen molar-refractivity contribution in [1.29, 1.82) is 5.26 Å². The molecule has 1 aromatic carbocycles. The average molecular weight is 286 g/mol. The first-order chi connectivity index (χ1) is 8.79. The number of benzene rings is 1. The molecule has 0 aliphatic heterocycles. The standard InChI is InChI=1S/C12H15FN2O3S/c1-8(2)11(16)7-15-19(17,18)12-5-3-4-10(13)9(12)6-14/h3-5,8,11,15-16H,7H2,1-2H3. The first-order valence-electron chi connectivity index (χ1n) is 5.66. The highest BCUT2D eigenvalue weighted by molar-refractivity contribution is 7.89. The van der Waals surface area contributed by atoms with Crippen molar-refractivity contribution in [2.24, 2.45) is 5.92 Å². The molecular formula is C12H15FN2O3S. The minimum Gasteiger partial charge on any atom is -0.391 e. The van der Waals surface area contributed by atoms with Crippen molar-refractivity contribution < 1.29 is 17.9 Å². The van der Waals surface area contributed by atoms with E-state index in [1.807, 2.05) is 0 Å². The van der Waals surface area contributed by atoms with Crippen molar-refractivity contribution in [3.8, 4) is 6.07 Å². The SMILES string of the molecule is CC(C)C(O)CNS(=O)(=O)c1cccc(F)c1C#N. The molecule has 104 valence electrons. The molecule has 0 saturated heterocycles. The lowest BCUT2D eigenvalue weighted by atomic mass is 10.1. The average Bonchev–Trinajstić information content (AvgIpc) is 2.35. The van der Waals surface area contributed by atoms with Crippen molar-refractivity contribution >= 4 is 10.0 Å². The number of sulfonamides is 1. The Morgan fingerprint density at radius 3 is 2.63 bits per heavy atom. The summed E-state index contributed by atoms with van der Waals surface area (Å²) >= 11 is 0. The van der Waals surface area contributed by atoms with Crippen molar-refractivity contribution in [3.63, 3.8) is 0 Å². The van der Waals surface area contributed by atoms with Gasteiger partial charge >= 0.3 is 0 Å². The predicted molar refractivity (Wildman–Crippen MR) is 67.1 cm³/mol. The van der Waals surface area contributed by atoms with Crippen LogP contribution in [0.2, 0.25) is 0 Å². The highest BCUT2D eigenvalue weighted by Crippen LogP contribution is 2.17. The predicted octanol–water partition coefficient (Wildman–Crippen LogP) is 0.993. The molecular weight excluding hydrogens is 271 g/mol. The van der Waals surface area contributed by atoms with Crippen LogP contribution in [-0.4, -0.2) is 26.2 Å². The third kappa shape index (κ3) is 3.73. The molecule has 0 amide bonds. The smallest absolute Gasteiger partial charge is 0.242 e. The lowest BCUT2D eigenvalue weighted by Crippen LogP contribution is -2.35. The molecule has 0 spiro atoms. The van der Waals surface area contributed by atoms with Gasteiger partial charge in [-0.2, -0.15) is 5.26 Å². The van der Waals surface area contributed by atoms with Gasteiger partial charge in [-0.1, -0.05) is 19.9 Å². The maximum atomic E-state index is 13.3. The molecule has 0 fully saturated rings. The Hall–Kier alpha value is -1.49. The van der Waals surface area contributed by atoms with Gasteiger partial charge in [0.1, 0.15) is 22.3 Å². The fraction of sp³-hybridized carbons (Fsp3) is 0.417. The lowest BCUT2D eigenvalue weighted by Gasteiger charge is -2.15. The molecule has 0 saturated carbocycles. The zero-order chi connectivity index (χ0) is 14.6. The van der Waals surface area contributed by atoms with E-state index in [9.17, 15) is 17.9 Å².